The van der Waals surface area contributed by atoms with E-state index in [0.29, 0.717) is 17.2 Å². The molecule has 0 saturated carbocycles. The van der Waals surface area contributed by atoms with Crippen LogP contribution < -0.4 is 15.4 Å². The van der Waals surface area contributed by atoms with Gasteiger partial charge in [-0.25, -0.2) is 0 Å². The first-order valence-corrected chi connectivity index (χ1v) is 9.60. The standard InChI is InChI=1S/C21H22ClN3O2/c22-15-3-8-20-18(13-15)19(21(26)24-20)14-23-16-4-6-17(7-5-16)27-12-11-25-9-1-2-10-25/h3-8,13-14,23H,1-2,9-12H2,(H,24,26). The number of fused-ring (bicyclic) bond motifs is 1. The summed E-state index contributed by atoms with van der Waals surface area (Å²) in [6.45, 7) is 4.04. The zero-order chi connectivity index (χ0) is 18.6. The molecule has 0 aromatic heterocycles. The van der Waals surface area contributed by atoms with Gasteiger partial charge >= 0.3 is 0 Å². The lowest BCUT2D eigenvalue weighted by Gasteiger charge is -2.15. The van der Waals surface area contributed by atoms with Gasteiger partial charge < -0.3 is 15.4 Å². The Labute approximate surface area is 164 Å². The SMILES string of the molecule is O=C1Nc2ccc(Cl)cc2C1=CNc1ccc(OCCN2CCCC2)cc1. The van der Waals surface area contributed by atoms with Gasteiger partial charge in [0.1, 0.15) is 12.4 Å². The van der Waals surface area contributed by atoms with Crippen molar-refractivity contribution in [3.63, 3.8) is 0 Å². The Morgan fingerprint density at radius 3 is 2.70 bits per heavy atom. The lowest BCUT2D eigenvalue weighted by atomic mass is 10.1. The summed E-state index contributed by atoms with van der Waals surface area (Å²) in [4.78, 5) is 14.6. The second-order valence-electron chi connectivity index (χ2n) is 6.77. The minimum Gasteiger partial charge on any atom is -0.492 e. The molecule has 0 atom stereocenters. The highest BCUT2D eigenvalue weighted by molar-refractivity contribution is 6.34. The summed E-state index contributed by atoms with van der Waals surface area (Å²) >= 11 is 6.05. The van der Waals surface area contributed by atoms with Crippen LogP contribution >= 0.6 is 11.6 Å². The van der Waals surface area contributed by atoms with E-state index in [1.54, 1.807) is 18.3 Å². The number of halogens is 1. The average Bonchev–Trinajstić information content (AvgIpc) is 3.28. The Balaban J connectivity index is 1.35. The zero-order valence-corrected chi connectivity index (χ0v) is 15.8. The fourth-order valence-corrected chi connectivity index (χ4v) is 3.58. The average molecular weight is 384 g/mol. The number of anilines is 2. The third-order valence-corrected chi connectivity index (χ3v) is 5.11. The van der Waals surface area contributed by atoms with Gasteiger partial charge in [-0.2, -0.15) is 0 Å². The molecule has 1 fully saturated rings. The predicted molar refractivity (Wildman–Crippen MR) is 109 cm³/mol. The van der Waals surface area contributed by atoms with Gasteiger partial charge in [-0.15, -0.1) is 0 Å². The fourth-order valence-electron chi connectivity index (χ4n) is 3.41. The number of likely N-dealkylation sites (tertiary alicyclic amines) is 1. The number of rotatable bonds is 6. The highest BCUT2D eigenvalue weighted by Crippen LogP contribution is 2.33. The van der Waals surface area contributed by atoms with Crippen molar-refractivity contribution in [2.45, 2.75) is 12.8 Å². The van der Waals surface area contributed by atoms with Gasteiger partial charge in [-0.1, -0.05) is 11.6 Å². The van der Waals surface area contributed by atoms with Crippen molar-refractivity contribution in [2.75, 3.05) is 36.9 Å². The normalized spacial score (nSPS) is 17.8. The highest BCUT2D eigenvalue weighted by Gasteiger charge is 2.24. The van der Waals surface area contributed by atoms with Crippen LogP contribution in [0.15, 0.2) is 48.7 Å². The van der Waals surface area contributed by atoms with Gasteiger partial charge in [0.25, 0.3) is 5.91 Å². The van der Waals surface area contributed by atoms with Gasteiger partial charge in [-0.05, 0) is 68.4 Å². The molecule has 0 spiro atoms. The first kappa shape index (κ1) is 17.9. The van der Waals surface area contributed by atoms with Crippen LogP contribution in [0, 0.1) is 0 Å². The van der Waals surface area contributed by atoms with Crippen molar-refractivity contribution in [1.29, 1.82) is 0 Å². The van der Waals surface area contributed by atoms with Crippen LogP contribution in [0.25, 0.3) is 5.57 Å². The van der Waals surface area contributed by atoms with E-state index in [-0.39, 0.29) is 5.91 Å². The van der Waals surface area contributed by atoms with E-state index >= 15 is 0 Å². The lowest BCUT2D eigenvalue weighted by Crippen LogP contribution is -2.25. The molecule has 2 aliphatic rings. The summed E-state index contributed by atoms with van der Waals surface area (Å²) in [5.74, 6) is 0.713. The lowest BCUT2D eigenvalue weighted by molar-refractivity contribution is -0.110. The van der Waals surface area contributed by atoms with Crippen molar-refractivity contribution in [3.8, 4) is 5.75 Å². The Morgan fingerprint density at radius 1 is 1.15 bits per heavy atom. The number of amides is 1. The molecular formula is C21H22ClN3O2. The van der Waals surface area contributed by atoms with Crippen molar-refractivity contribution in [2.24, 2.45) is 0 Å². The van der Waals surface area contributed by atoms with Gasteiger partial charge in [0.2, 0.25) is 0 Å². The molecule has 2 aromatic carbocycles. The predicted octanol–water partition coefficient (Wildman–Crippen LogP) is 4.22. The monoisotopic (exact) mass is 383 g/mol. The molecule has 1 saturated heterocycles. The van der Waals surface area contributed by atoms with Gasteiger partial charge in [0, 0.05) is 34.7 Å². The van der Waals surface area contributed by atoms with Crippen LogP contribution in [0.2, 0.25) is 5.02 Å². The molecule has 140 valence electrons. The molecule has 5 nitrogen and oxygen atoms in total. The molecule has 0 aliphatic carbocycles. The summed E-state index contributed by atoms with van der Waals surface area (Å²) in [7, 11) is 0. The first-order chi connectivity index (χ1) is 13.2. The third kappa shape index (κ3) is 4.26. The summed E-state index contributed by atoms with van der Waals surface area (Å²) < 4.78 is 5.81. The Morgan fingerprint density at radius 2 is 1.93 bits per heavy atom. The third-order valence-electron chi connectivity index (χ3n) is 4.88. The largest absolute Gasteiger partial charge is 0.492 e. The maximum Gasteiger partial charge on any atom is 0.257 e. The van der Waals surface area contributed by atoms with Gasteiger partial charge in [0.05, 0.1) is 5.57 Å². The molecule has 4 rings (SSSR count). The Bertz CT molecular complexity index is 858. The van der Waals surface area contributed by atoms with Crippen LogP contribution in [0.3, 0.4) is 0 Å². The first-order valence-electron chi connectivity index (χ1n) is 9.22. The molecule has 1 amide bonds. The maximum atomic E-state index is 12.2. The summed E-state index contributed by atoms with van der Waals surface area (Å²) in [6, 6.07) is 13.1. The quantitative estimate of drug-likeness (QED) is 0.733. The summed E-state index contributed by atoms with van der Waals surface area (Å²) in [6.07, 6.45) is 4.30. The van der Waals surface area contributed by atoms with Gasteiger partial charge in [0.15, 0.2) is 0 Å². The van der Waals surface area contributed by atoms with E-state index in [4.69, 9.17) is 16.3 Å². The van der Waals surface area contributed by atoms with Crippen molar-refractivity contribution in [3.05, 3.63) is 59.3 Å². The molecule has 2 heterocycles. The molecule has 27 heavy (non-hydrogen) atoms. The van der Waals surface area contributed by atoms with E-state index < -0.39 is 0 Å². The van der Waals surface area contributed by atoms with E-state index in [1.165, 1.54) is 25.9 Å². The van der Waals surface area contributed by atoms with Crippen molar-refractivity contribution < 1.29 is 9.53 Å². The molecular weight excluding hydrogens is 362 g/mol. The summed E-state index contributed by atoms with van der Waals surface area (Å²) in [5, 5.41) is 6.62. The number of hydrogen-bond donors (Lipinski definition) is 2. The smallest absolute Gasteiger partial charge is 0.257 e. The van der Waals surface area contributed by atoms with E-state index in [2.05, 4.69) is 15.5 Å². The van der Waals surface area contributed by atoms with Crippen molar-refractivity contribution >= 4 is 34.5 Å². The fraction of sp³-hybridized carbons (Fsp3) is 0.286. The Kier molecular flexibility index (Phi) is 5.32. The number of hydrogen-bond acceptors (Lipinski definition) is 4. The Hall–Kier alpha value is -2.50. The minimum atomic E-state index is -0.137. The molecule has 0 unspecified atom stereocenters. The summed E-state index contributed by atoms with van der Waals surface area (Å²) in [5.41, 5.74) is 3.04. The van der Waals surface area contributed by atoms with Crippen LogP contribution in [-0.2, 0) is 4.79 Å². The van der Waals surface area contributed by atoms with E-state index in [0.717, 1.165) is 29.2 Å². The second kappa shape index (κ2) is 8.03. The zero-order valence-electron chi connectivity index (χ0n) is 15.0. The molecule has 2 N–H and O–H groups in total. The molecule has 6 heteroatoms. The molecule has 0 radical (unpaired) electrons. The van der Waals surface area contributed by atoms with Crippen LogP contribution in [0.1, 0.15) is 18.4 Å². The molecule has 2 aromatic rings. The van der Waals surface area contributed by atoms with Gasteiger partial charge in [-0.3, -0.25) is 9.69 Å². The van der Waals surface area contributed by atoms with E-state index in [1.807, 2.05) is 30.3 Å². The molecule has 0 bridgehead atoms. The molecule has 2 aliphatic heterocycles. The maximum absolute atomic E-state index is 12.2. The number of carbonyl (C=O) groups excluding carboxylic acids is 1. The number of ether oxygens (including phenoxy) is 1. The topological polar surface area (TPSA) is 53.6 Å². The number of nitrogens with one attached hydrogen (secondary N) is 2. The van der Waals surface area contributed by atoms with Crippen LogP contribution in [0.4, 0.5) is 11.4 Å². The second-order valence-corrected chi connectivity index (χ2v) is 7.20. The van der Waals surface area contributed by atoms with E-state index in [9.17, 15) is 4.79 Å². The number of nitrogens with zero attached hydrogens (tertiary/aromatic N) is 1. The minimum absolute atomic E-state index is 0.137. The number of benzene rings is 2. The number of carbonyl (C=O) groups is 1. The van der Waals surface area contributed by atoms with Crippen LogP contribution in [0.5, 0.6) is 5.75 Å². The van der Waals surface area contributed by atoms with Crippen molar-refractivity contribution in [1.82, 2.24) is 4.90 Å². The highest BCUT2D eigenvalue weighted by atomic mass is 35.5. The van der Waals surface area contributed by atoms with Crippen LogP contribution in [-0.4, -0.2) is 37.0 Å².